The Morgan fingerprint density at radius 1 is 1.67 bits per heavy atom. The van der Waals surface area contributed by atoms with E-state index >= 15 is 0 Å². The first-order valence-electron chi connectivity index (χ1n) is 4.06. The minimum atomic E-state index is 1.14. The summed E-state index contributed by atoms with van der Waals surface area (Å²) in [5.41, 5.74) is 1.63. The van der Waals surface area contributed by atoms with Gasteiger partial charge in [0.05, 0.1) is 33.8 Å². The summed E-state index contributed by atoms with van der Waals surface area (Å²) in [4.78, 5) is 0. The predicted octanol–water partition coefficient (Wildman–Crippen LogP) is 3.72. The lowest BCUT2D eigenvalue weighted by Gasteiger charge is -2.26. The Balaban J connectivity index is 2.71. The van der Waals surface area contributed by atoms with Gasteiger partial charge in [-0.25, -0.2) is 0 Å². The normalized spacial score (nSPS) is 18.8. The maximum Gasteiger partial charge on any atom is 0.0800 e. The zero-order valence-electron chi connectivity index (χ0n) is 7.47. The first-order valence-corrected chi connectivity index (χ1v) is 7.41. The van der Waals surface area contributed by atoms with Crippen molar-refractivity contribution >= 4 is 46.4 Å². The third-order valence-corrected chi connectivity index (χ3v) is 5.25. The maximum atomic E-state index is 2.41. The number of nitrogens with zero attached hydrogens (tertiary/aromatic N) is 1. The van der Waals surface area contributed by atoms with Crippen molar-refractivity contribution in [1.29, 1.82) is 0 Å². The molecule has 0 fully saturated rings. The number of hydrogen-bond acceptors (Lipinski definition) is 3. The van der Waals surface area contributed by atoms with E-state index in [-0.39, 0.29) is 0 Å². The molecule has 0 saturated heterocycles. The second kappa shape index (κ2) is 5.65. The van der Waals surface area contributed by atoms with Crippen molar-refractivity contribution in [3.8, 4) is 0 Å². The van der Waals surface area contributed by atoms with Gasteiger partial charge in [0.25, 0.3) is 0 Å². The van der Waals surface area contributed by atoms with Gasteiger partial charge in [-0.2, -0.15) is 0 Å². The van der Waals surface area contributed by atoms with Crippen LogP contribution in [0.3, 0.4) is 0 Å². The van der Waals surface area contributed by atoms with E-state index in [1.807, 2.05) is 23.5 Å². The van der Waals surface area contributed by atoms with Crippen LogP contribution in [-0.4, -0.2) is 21.0 Å². The monoisotopic (exact) mass is 315 g/mol. The predicted molar refractivity (Wildman–Crippen MR) is 68.6 cm³/mol. The highest BCUT2D eigenvalue weighted by molar-refractivity contribution is 14.1. The Morgan fingerprint density at radius 2 is 2.42 bits per heavy atom. The summed E-state index contributed by atoms with van der Waals surface area (Å²) >= 11 is 6.31. The van der Waals surface area contributed by atoms with Gasteiger partial charge < -0.3 is 0 Å². The molecule has 0 bridgehead atoms. The summed E-state index contributed by atoms with van der Waals surface area (Å²) in [5, 5.41) is 1.50. The van der Waals surface area contributed by atoms with Crippen LogP contribution in [0.4, 0.5) is 0 Å². The molecule has 0 aromatic carbocycles. The highest BCUT2D eigenvalue weighted by atomic mass is 127. The van der Waals surface area contributed by atoms with Crippen LogP contribution < -0.4 is 0 Å². The molecular weight excluding hydrogens is 301 g/mol. The van der Waals surface area contributed by atoms with Crippen LogP contribution in [0.15, 0.2) is 10.6 Å². The van der Waals surface area contributed by atoms with Gasteiger partial charge in [0.1, 0.15) is 0 Å². The molecule has 1 nitrogen and oxygen atoms in total. The van der Waals surface area contributed by atoms with Crippen molar-refractivity contribution < 1.29 is 0 Å². The molecule has 1 aliphatic heterocycles. The van der Waals surface area contributed by atoms with E-state index in [2.05, 4.69) is 39.2 Å². The molecule has 0 radical (unpaired) electrons. The fourth-order valence-electron chi connectivity index (χ4n) is 1.27. The van der Waals surface area contributed by atoms with Crippen molar-refractivity contribution in [2.75, 3.05) is 17.9 Å². The zero-order valence-corrected chi connectivity index (χ0v) is 11.3. The summed E-state index contributed by atoms with van der Waals surface area (Å²) in [5.74, 6) is 2.38. The van der Waals surface area contributed by atoms with E-state index in [9.17, 15) is 0 Å². The number of halogens is 1. The molecule has 0 atom stereocenters. The first-order chi connectivity index (χ1) is 5.79. The standard InChI is InChI=1S/C8H14INS2/c1-3-4-7-5-12-6-10(9)8(7)11-2/h3-6H2,1-2H3. The van der Waals surface area contributed by atoms with E-state index in [0.717, 1.165) is 5.88 Å². The summed E-state index contributed by atoms with van der Waals surface area (Å²) in [6, 6.07) is 0. The lowest BCUT2D eigenvalue weighted by atomic mass is 10.2. The molecule has 0 aromatic rings. The Bertz CT molecular complexity index is 182. The van der Waals surface area contributed by atoms with Gasteiger partial charge >= 0.3 is 0 Å². The largest absolute Gasteiger partial charge is 0.299 e. The van der Waals surface area contributed by atoms with E-state index in [0.29, 0.717) is 0 Å². The number of hydrogen-bond donors (Lipinski definition) is 0. The minimum absolute atomic E-state index is 1.14. The summed E-state index contributed by atoms with van der Waals surface area (Å²) in [7, 11) is 0. The van der Waals surface area contributed by atoms with Gasteiger partial charge in [0, 0.05) is 5.75 Å². The SMILES string of the molecule is CCCC1=C(SC)N(I)CSC1. The Kier molecular flexibility index (Phi) is 5.20. The van der Waals surface area contributed by atoms with Crippen LogP contribution >= 0.6 is 46.4 Å². The van der Waals surface area contributed by atoms with E-state index in [4.69, 9.17) is 0 Å². The molecule has 0 saturated carbocycles. The van der Waals surface area contributed by atoms with E-state index < -0.39 is 0 Å². The molecule has 0 N–H and O–H groups in total. The quantitative estimate of drug-likeness (QED) is 0.577. The highest BCUT2D eigenvalue weighted by Gasteiger charge is 2.16. The van der Waals surface area contributed by atoms with Crippen LogP contribution in [0.25, 0.3) is 0 Å². The van der Waals surface area contributed by atoms with Gasteiger partial charge in [0.2, 0.25) is 0 Å². The molecule has 4 heteroatoms. The fraction of sp³-hybridized carbons (Fsp3) is 0.750. The molecule has 0 aliphatic carbocycles. The second-order valence-corrected chi connectivity index (χ2v) is 5.62. The van der Waals surface area contributed by atoms with E-state index in [1.54, 1.807) is 5.57 Å². The van der Waals surface area contributed by atoms with Crippen LogP contribution in [0.5, 0.6) is 0 Å². The fourth-order valence-corrected chi connectivity index (χ4v) is 4.59. The van der Waals surface area contributed by atoms with E-state index in [1.165, 1.54) is 23.6 Å². The van der Waals surface area contributed by atoms with Crippen molar-refractivity contribution in [2.24, 2.45) is 0 Å². The van der Waals surface area contributed by atoms with Gasteiger partial charge in [-0.1, -0.05) is 13.3 Å². The van der Waals surface area contributed by atoms with Crippen molar-refractivity contribution in [3.05, 3.63) is 10.6 Å². The van der Waals surface area contributed by atoms with Crippen LogP contribution in [0, 0.1) is 0 Å². The van der Waals surface area contributed by atoms with Crippen molar-refractivity contribution in [2.45, 2.75) is 19.8 Å². The lowest BCUT2D eigenvalue weighted by Crippen LogP contribution is -2.16. The lowest BCUT2D eigenvalue weighted by molar-refractivity contribution is 0.741. The Morgan fingerprint density at radius 3 is 3.00 bits per heavy atom. The summed E-state index contributed by atoms with van der Waals surface area (Å²) in [6.07, 6.45) is 4.71. The average molecular weight is 315 g/mol. The van der Waals surface area contributed by atoms with Crippen LogP contribution in [0.1, 0.15) is 19.8 Å². The summed E-state index contributed by atoms with van der Waals surface area (Å²) in [6.45, 7) is 2.25. The Labute approximate surface area is 97.2 Å². The Hall–Kier alpha value is 0.970. The molecule has 1 heterocycles. The third kappa shape index (κ3) is 2.73. The smallest absolute Gasteiger partial charge is 0.0800 e. The van der Waals surface area contributed by atoms with Crippen LogP contribution in [0.2, 0.25) is 0 Å². The molecule has 1 rings (SSSR count). The van der Waals surface area contributed by atoms with Gasteiger partial charge in [-0.3, -0.25) is 3.11 Å². The van der Waals surface area contributed by atoms with Crippen LogP contribution in [-0.2, 0) is 0 Å². The van der Waals surface area contributed by atoms with Gasteiger partial charge in [0.15, 0.2) is 0 Å². The molecule has 0 unspecified atom stereocenters. The molecule has 70 valence electrons. The molecule has 0 aromatic heterocycles. The van der Waals surface area contributed by atoms with Gasteiger partial charge in [-0.15, -0.1) is 23.5 Å². The summed E-state index contributed by atoms with van der Waals surface area (Å²) < 4.78 is 2.33. The van der Waals surface area contributed by atoms with Crippen molar-refractivity contribution in [3.63, 3.8) is 0 Å². The third-order valence-electron chi connectivity index (χ3n) is 1.75. The molecule has 0 amide bonds. The highest BCUT2D eigenvalue weighted by Crippen LogP contribution is 2.35. The molecule has 1 aliphatic rings. The first kappa shape index (κ1) is 11.0. The minimum Gasteiger partial charge on any atom is -0.299 e. The van der Waals surface area contributed by atoms with Crippen molar-refractivity contribution in [1.82, 2.24) is 3.11 Å². The van der Waals surface area contributed by atoms with Gasteiger partial charge in [-0.05, 0) is 18.2 Å². The second-order valence-electron chi connectivity index (χ2n) is 2.70. The maximum absolute atomic E-state index is 2.41. The molecule has 12 heavy (non-hydrogen) atoms. The number of thioether (sulfide) groups is 2. The number of rotatable bonds is 3. The average Bonchev–Trinajstić information content (AvgIpc) is 2.05. The zero-order chi connectivity index (χ0) is 8.97. The topological polar surface area (TPSA) is 3.24 Å². The molecular formula is C8H14INS2. The molecule has 0 spiro atoms.